The van der Waals surface area contributed by atoms with Gasteiger partial charge in [-0.15, -0.1) is 0 Å². The molecule has 0 spiro atoms. The quantitative estimate of drug-likeness (QED) is 0.384. The maximum absolute atomic E-state index is 12.7. The minimum Gasteiger partial charge on any atom is -0.480 e. The monoisotopic (exact) mass is 471 g/mol. The Morgan fingerprint density at radius 3 is 1.94 bits per heavy atom. The third-order valence-corrected chi connectivity index (χ3v) is 5.20. The van der Waals surface area contributed by atoms with Crippen molar-refractivity contribution in [2.45, 2.75) is 19.3 Å². The van der Waals surface area contributed by atoms with Gasteiger partial charge in [0.15, 0.2) is 5.69 Å². The van der Waals surface area contributed by atoms with Crippen LogP contribution in [0.1, 0.15) is 40.0 Å². The second kappa shape index (κ2) is 10.4. The second-order valence-corrected chi connectivity index (χ2v) is 7.53. The van der Waals surface area contributed by atoms with Crippen LogP contribution >= 0.6 is 0 Å². The summed E-state index contributed by atoms with van der Waals surface area (Å²) in [5.74, 6) is -2.63. The number of anilines is 2. The van der Waals surface area contributed by atoms with Gasteiger partial charge in [0.2, 0.25) is 0 Å². The number of amides is 2. The van der Waals surface area contributed by atoms with Crippen molar-refractivity contribution in [3.63, 3.8) is 0 Å². The zero-order chi connectivity index (χ0) is 24.8. The van der Waals surface area contributed by atoms with E-state index in [0.717, 1.165) is 31.4 Å². The largest absolute Gasteiger partial charge is 0.480 e. The Morgan fingerprint density at radius 2 is 1.44 bits per heavy atom. The van der Waals surface area contributed by atoms with Crippen LogP contribution in [0.15, 0.2) is 36.4 Å². The fourth-order valence-electron chi connectivity index (χ4n) is 3.62. The van der Waals surface area contributed by atoms with E-state index in [4.69, 9.17) is 5.11 Å². The standard InChI is InChI=1S/C21H21N5O8/c27-18(28)12-22-20(29)13-4-6-15(7-5-13)23-21(30)14-10-16(25(31)32)19(17(11-14)26(33)34)24-8-2-1-3-9-24/h4-7,10-11H,1-3,8-9,12H2,(H,22,29)(H,23,30)(H,27,28). The zero-order valence-electron chi connectivity index (χ0n) is 17.9. The summed E-state index contributed by atoms with van der Waals surface area (Å²) in [5, 5.41) is 36.7. The Kier molecular flexibility index (Phi) is 7.36. The number of piperidine rings is 1. The number of hydrogen-bond acceptors (Lipinski definition) is 8. The molecular formula is C21H21N5O8. The Hall–Kier alpha value is -4.55. The number of nitro benzene ring substituents is 2. The van der Waals surface area contributed by atoms with E-state index in [1.807, 2.05) is 0 Å². The molecule has 1 aliphatic heterocycles. The van der Waals surface area contributed by atoms with Gasteiger partial charge in [0.05, 0.1) is 15.4 Å². The van der Waals surface area contributed by atoms with Crippen molar-refractivity contribution in [1.82, 2.24) is 5.32 Å². The molecule has 2 aromatic rings. The van der Waals surface area contributed by atoms with Gasteiger partial charge in [0, 0.05) is 36.5 Å². The number of rotatable bonds is 8. The highest BCUT2D eigenvalue weighted by molar-refractivity contribution is 6.06. The molecule has 1 fully saturated rings. The number of carbonyl (C=O) groups excluding carboxylic acids is 2. The molecule has 13 nitrogen and oxygen atoms in total. The number of nitro groups is 2. The fraction of sp³-hybridized carbons (Fsp3) is 0.286. The lowest BCUT2D eigenvalue weighted by Gasteiger charge is -2.28. The summed E-state index contributed by atoms with van der Waals surface area (Å²) in [6, 6.07) is 7.46. The number of nitrogens with zero attached hydrogens (tertiary/aromatic N) is 3. The van der Waals surface area contributed by atoms with E-state index in [0.29, 0.717) is 13.1 Å². The van der Waals surface area contributed by atoms with Gasteiger partial charge in [-0.2, -0.15) is 0 Å². The Labute approximate surface area is 192 Å². The van der Waals surface area contributed by atoms with Gasteiger partial charge in [-0.1, -0.05) is 0 Å². The minimum absolute atomic E-state index is 0.108. The molecule has 13 heteroatoms. The Bertz CT molecular complexity index is 1110. The molecular weight excluding hydrogens is 450 g/mol. The average molecular weight is 471 g/mol. The normalized spacial score (nSPS) is 13.1. The van der Waals surface area contributed by atoms with Crippen molar-refractivity contribution in [2.24, 2.45) is 0 Å². The lowest BCUT2D eigenvalue weighted by Crippen LogP contribution is -2.30. The van der Waals surface area contributed by atoms with E-state index in [2.05, 4.69) is 10.6 Å². The minimum atomic E-state index is -1.20. The van der Waals surface area contributed by atoms with Crippen LogP contribution in [0.5, 0.6) is 0 Å². The number of benzene rings is 2. The van der Waals surface area contributed by atoms with Crippen LogP contribution in [-0.4, -0.2) is 52.4 Å². The summed E-state index contributed by atoms with van der Waals surface area (Å²) in [5.41, 5.74) is -1.04. The van der Waals surface area contributed by atoms with E-state index >= 15 is 0 Å². The molecule has 3 N–H and O–H groups in total. The van der Waals surface area contributed by atoms with Gasteiger partial charge in [-0.3, -0.25) is 34.6 Å². The SMILES string of the molecule is O=C(O)CNC(=O)c1ccc(NC(=O)c2cc([N+](=O)[O-])c(N3CCCCC3)c([N+](=O)[O-])c2)cc1. The smallest absolute Gasteiger partial charge is 0.322 e. The highest BCUT2D eigenvalue weighted by Gasteiger charge is 2.33. The molecule has 1 heterocycles. The molecule has 1 aliphatic rings. The highest BCUT2D eigenvalue weighted by atomic mass is 16.6. The number of aliphatic carboxylic acids is 1. The molecule has 2 amide bonds. The molecule has 0 aliphatic carbocycles. The first-order chi connectivity index (χ1) is 16.2. The molecule has 0 atom stereocenters. The molecule has 0 aromatic heterocycles. The summed E-state index contributed by atoms with van der Waals surface area (Å²) in [4.78, 5) is 58.7. The number of carbonyl (C=O) groups is 3. The highest BCUT2D eigenvalue weighted by Crippen LogP contribution is 2.40. The van der Waals surface area contributed by atoms with E-state index in [1.165, 1.54) is 24.3 Å². The molecule has 3 rings (SSSR count). The number of carboxylic acid groups (broad SMARTS) is 1. The van der Waals surface area contributed by atoms with Crippen LogP contribution in [0.3, 0.4) is 0 Å². The third kappa shape index (κ3) is 5.62. The van der Waals surface area contributed by atoms with Crippen molar-refractivity contribution in [2.75, 3.05) is 29.9 Å². The summed E-state index contributed by atoms with van der Waals surface area (Å²) < 4.78 is 0. The second-order valence-electron chi connectivity index (χ2n) is 7.53. The maximum atomic E-state index is 12.7. The first-order valence-corrected chi connectivity index (χ1v) is 10.3. The zero-order valence-corrected chi connectivity index (χ0v) is 17.9. The van der Waals surface area contributed by atoms with E-state index in [-0.39, 0.29) is 22.5 Å². The molecule has 0 radical (unpaired) electrons. The van der Waals surface area contributed by atoms with Gasteiger partial charge in [-0.05, 0) is 43.5 Å². The lowest BCUT2D eigenvalue weighted by molar-refractivity contribution is -0.392. The van der Waals surface area contributed by atoms with Crippen LogP contribution in [0.2, 0.25) is 0 Å². The Balaban J connectivity index is 1.85. The van der Waals surface area contributed by atoms with E-state index < -0.39 is 45.5 Å². The van der Waals surface area contributed by atoms with Crippen LogP contribution in [0.4, 0.5) is 22.7 Å². The van der Waals surface area contributed by atoms with Crippen molar-refractivity contribution in [3.8, 4) is 0 Å². The van der Waals surface area contributed by atoms with Gasteiger partial charge in [-0.25, -0.2) is 0 Å². The van der Waals surface area contributed by atoms with Crippen molar-refractivity contribution >= 4 is 40.5 Å². The molecule has 2 aromatic carbocycles. The average Bonchev–Trinajstić information content (AvgIpc) is 2.82. The number of hydrogen-bond donors (Lipinski definition) is 3. The van der Waals surface area contributed by atoms with Crippen molar-refractivity contribution in [1.29, 1.82) is 0 Å². The molecule has 34 heavy (non-hydrogen) atoms. The molecule has 1 saturated heterocycles. The predicted octanol–water partition coefficient (Wildman–Crippen LogP) is 2.56. The summed E-state index contributed by atoms with van der Waals surface area (Å²) in [6.07, 6.45) is 2.43. The fourth-order valence-corrected chi connectivity index (χ4v) is 3.62. The van der Waals surface area contributed by atoms with Crippen LogP contribution in [-0.2, 0) is 4.79 Å². The van der Waals surface area contributed by atoms with Crippen LogP contribution in [0, 0.1) is 20.2 Å². The number of carboxylic acids is 1. The van der Waals surface area contributed by atoms with E-state index in [9.17, 15) is 34.6 Å². The molecule has 178 valence electrons. The first-order valence-electron chi connectivity index (χ1n) is 10.3. The van der Waals surface area contributed by atoms with Crippen LogP contribution in [0.25, 0.3) is 0 Å². The van der Waals surface area contributed by atoms with Gasteiger partial charge >= 0.3 is 5.97 Å². The van der Waals surface area contributed by atoms with Crippen LogP contribution < -0.4 is 15.5 Å². The number of nitrogens with one attached hydrogen (secondary N) is 2. The van der Waals surface area contributed by atoms with Crippen molar-refractivity contribution in [3.05, 3.63) is 67.8 Å². The maximum Gasteiger partial charge on any atom is 0.322 e. The summed E-state index contributed by atoms with van der Waals surface area (Å²) in [7, 11) is 0. The van der Waals surface area contributed by atoms with E-state index in [1.54, 1.807) is 4.90 Å². The molecule has 0 bridgehead atoms. The lowest BCUT2D eigenvalue weighted by atomic mass is 10.1. The van der Waals surface area contributed by atoms with Gasteiger partial charge < -0.3 is 20.6 Å². The first kappa shape index (κ1) is 24.1. The third-order valence-electron chi connectivity index (χ3n) is 5.20. The van der Waals surface area contributed by atoms with Crippen molar-refractivity contribution < 1.29 is 29.3 Å². The topological polar surface area (TPSA) is 185 Å². The predicted molar refractivity (Wildman–Crippen MR) is 120 cm³/mol. The summed E-state index contributed by atoms with van der Waals surface area (Å²) >= 11 is 0. The van der Waals surface area contributed by atoms with Gasteiger partial charge in [0.1, 0.15) is 6.54 Å². The Morgan fingerprint density at radius 1 is 0.882 bits per heavy atom. The molecule has 0 unspecified atom stereocenters. The summed E-state index contributed by atoms with van der Waals surface area (Å²) in [6.45, 7) is 0.335. The molecule has 0 saturated carbocycles. The van der Waals surface area contributed by atoms with Gasteiger partial charge in [0.25, 0.3) is 23.2 Å².